The van der Waals surface area contributed by atoms with Crippen molar-refractivity contribution in [2.75, 3.05) is 7.05 Å². The monoisotopic (exact) mass is 391 g/mol. The number of amides is 1. The zero-order valence-corrected chi connectivity index (χ0v) is 16.3. The molecule has 3 atom stereocenters. The lowest BCUT2D eigenvalue weighted by Gasteiger charge is -2.36. The number of nitrogens with zero attached hydrogens (tertiary/aromatic N) is 3. The van der Waals surface area contributed by atoms with E-state index in [4.69, 9.17) is 0 Å². The van der Waals surface area contributed by atoms with Gasteiger partial charge in [-0.15, -0.1) is 12.4 Å². The summed E-state index contributed by atoms with van der Waals surface area (Å²) in [6.07, 6.45) is 6.86. The third-order valence-corrected chi connectivity index (χ3v) is 6.53. The fraction of sp³-hybridized carbons (Fsp3) is 0.733. The number of halogens is 1. The smallest absolute Gasteiger partial charge is 0.244 e. The van der Waals surface area contributed by atoms with Crippen molar-refractivity contribution < 1.29 is 13.2 Å². The van der Waals surface area contributed by atoms with Crippen LogP contribution in [-0.4, -0.2) is 60.2 Å². The van der Waals surface area contributed by atoms with E-state index < -0.39 is 16.1 Å². The maximum Gasteiger partial charge on any atom is 0.244 e. The van der Waals surface area contributed by atoms with Gasteiger partial charge in [0.25, 0.3) is 0 Å². The van der Waals surface area contributed by atoms with Crippen LogP contribution >= 0.6 is 12.4 Å². The van der Waals surface area contributed by atoms with E-state index in [2.05, 4.69) is 15.1 Å². The second-order valence-corrected chi connectivity index (χ2v) is 8.62. The van der Waals surface area contributed by atoms with Crippen molar-refractivity contribution in [2.45, 2.75) is 61.7 Å². The molecule has 0 saturated carbocycles. The van der Waals surface area contributed by atoms with Crippen LogP contribution in [0.3, 0.4) is 0 Å². The fourth-order valence-corrected chi connectivity index (χ4v) is 4.90. The minimum atomic E-state index is -3.75. The van der Waals surface area contributed by atoms with Crippen LogP contribution in [0.4, 0.5) is 0 Å². The molecule has 10 heteroatoms. The molecule has 25 heavy (non-hydrogen) atoms. The van der Waals surface area contributed by atoms with Crippen LogP contribution in [0.2, 0.25) is 0 Å². The van der Waals surface area contributed by atoms with E-state index in [0.29, 0.717) is 12.1 Å². The Morgan fingerprint density at radius 2 is 2.00 bits per heavy atom. The van der Waals surface area contributed by atoms with Gasteiger partial charge in [-0.1, -0.05) is 0 Å². The average molecular weight is 392 g/mol. The van der Waals surface area contributed by atoms with Gasteiger partial charge in [-0.3, -0.25) is 9.48 Å². The lowest BCUT2D eigenvalue weighted by Crippen LogP contribution is -2.53. The van der Waals surface area contributed by atoms with Crippen LogP contribution in [0, 0.1) is 0 Å². The molecule has 2 fully saturated rings. The van der Waals surface area contributed by atoms with Crippen molar-refractivity contribution in [3.05, 3.63) is 12.4 Å². The minimum absolute atomic E-state index is 0. The van der Waals surface area contributed by atoms with Crippen molar-refractivity contribution in [2.24, 2.45) is 7.05 Å². The summed E-state index contributed by atoms with van der Waals surface area (Å²) in [4.78, 5) is 14.4. The molecule has 1 aromatic rings. The molecule has 8 nitrogen and oxygen atoms in total. The van der Waals surface area contributed by atoms with Crippen molar-refractivity contribution >= 4 is 28.3 Å². The summed E-state index contributed by atoms with van der Waals surface area (Å²) in [7, 11) is -0.334. The highest BCUT2D eigenvalue weighted by molar-refractivity contribution is 7.89. The number of aryl methyl sites for hydroxylation is 1. The molecule has 3 rings (SSSR count). The van der Waals surface area contributed by atoms with E-state index >= 15 is 0 Å². The molecule has 3 heterocycles. The second kappa shape index (κ2) is 7.61. The van der Waals surface area contributed by atoms with Crippen LogP contribution in [0.5, 0.6) is 0 Å². The van der Waals surface area contributed by atoms with Crippen molar-refractivity contribution in [1.29, 1.82) is 0 Å². The molecular formula is C15H26ClN5O3S. The molecule has 0 aliphatic carbocycles. The van der Waals surface area contributed by atoms with E-state index in [-0.39, 0.29) is 29.3 Å². The zero-order chi connectivity index (χ0) is 17.5. The molecule has 1 aromatic heterocycles. The molecule has 2 saturated heterocycles. The molecule has 2 aliphatic heterocycles. The quantitative estimate of drug-likeness (QED) is 0.750. The van der Waals surface area contributed by atoms with Crippen LogP contribution in [-0.2, 0) is 21.9 Å². The maximum atomic E-state index is 12.6. The first-order valence-corrected chi connectivity index (χ1v) is 9.78. The van der Waals surface area contributed by atoms with Crippen LogP contribution in [0.25, 0.3) is 0 Å². The number of hydrogen-bond donors (Lipinski definition) is 2. The van der Waals surface area contributed by atoms with Gasteiger partial charge in [0.2, 0.25) is 15.9 Å². The van der Waals surface area contributed by atoms with Gasteiger partial charge >= 0.3 is 0 Å². The van der Waals surface area contributed by atoms with E-state index in [0.717, 1.165) is 25.7 Å². The lowest BCUT2D eigenvalue weighted by molar-refractivity contribution is -0.134. The molecule has 3 unspecified atom stereocenters. The number of rotatable bonds is 5. The standard InChI is InChI=1S/C15H25N5O3S.ClH/c1-10(18-24(22,23)14-8-16-19(2)9-14)15(21)20(3)13-6-11-4-5-12(7-13)17-11;/h8-13,17-18H,4-7H2,1-3H3;1H. The van der Waals surface area contributed by atoms with Crippen molar-refractivity contribution in [1.82, 2.24) is 24.7 Å². The molecule has 0 aromatic carbocycles. The first-order chi connectivity index (χ1) is 11.3. The molecule has 2 N–H and O–H groups in total. The normalized spacial score (nSPS) is 26.8. The molecule has 1 amide bonds. The number of fused-ring (bicyclic) bond motifs is 2. The Morgan fingerprint density at radius 3 is 2.52 bits per heavy atom. The average Bonchev–Trinajstić information content (AvgIpc) is 3.11. The number of aromatic nitrogens is 2. The van der Waals surface area contributed by atoms with Crippen LogP contribution < -0.4 is 10.0 Å². The van der Waals surface area contributed by atoms with Gasteiger partial charge in [0, 0.05) is 38.4 Å². The summed E-state index contributed by atoms with van der Waals surface area (Å²) in [5, 5.41) is 7.41. The molecule has 2 aliphatic rings. The highest BCUT2D eigenvalue weighted by Gasteiger charge is 2.37. The van der Waals surface area contributed by atoms with Gasteiger partial charge in [0.15, 0.2) is 0 Å². The SMILES string of the molecule is CC(NS(=O)(=O)c1cnn(C)c1)C(=O)N(C)C1CC2CCC(C1)N2.Cl. The number of hydrogen-bond acceptors (Lipinski definition) is 5. The molecular weight excluding hydrogens is 366 g/mol. The zero-order valence-electron chi connectivity index (χ0n) is 14.7. The Morgan fingerprint density at radius 1 is 1.40 bits per heavy atom. The van der Waals surface area contributed by atoms with Gasteiger partial charge in [-0.2, -0.15) is 9.82 Å². The number of carbonyl (C=O) groups is 1. The van der Waals surface area contributed by atoms with Crippen molar-refractivity contribution in [3.8, 4) is 0 Å². The highest BCUT2D eigenvalue weighted by atomic mass is 35.5. The topological polar surface area (TPSA) is 96.3 Å². The lowest BCUT2D eigenvalue weighted by atomic mass is 9.98. The van der Waals surface area contributed by atoms with E-state index in [1.165, 1.54) is 17.1 Å². The fourth-order valence-electron chi connectivity index (χ4n) is 3.72. The molecule has 2 bridgehead atoms. The van der Waals surface area contributed by atoms with Gasteiger partial charge in [-0.05, 0) is 32.6 Å². The van der Waals surface area contributed by atoms with E-state index in [1.54, 1.807) is 25.9 Å². The minimum Gasteiger partial charge on any atom is -0.341 e. The number of nitrogens with one attached hydrogen (secondary N) is 2. The summed E-state index contributed by atoms with van der Waals surface area (Å²) in [5.74, 6) is -0.200. The number of likely N-dealkylation sites (N-methyl/N-ethyl adjacent to an activating group) is 1. The van der Waals surface area contributed by atoms with Crippen LogP contribution in [0.15, 0.2) is 17.3 Å². The largest absolute Gasteiger partial charge is 0.341 e. The third kappa shape index (κ3) is 4.33. The van der Waals surface area contributed by atoms with Gasteiger partial charge in [0.1, 0.15) is 4.90 Å². The van der Waals surface area contributed by atoms with E-state index in [9.17, 15) is 13.2 Å². The summed E-state index contributed by atoms with van der Waals surface area (Å²) < 4.78 is 28.5. The Balaban J connectivity index is 0.00000225. The van der Waals surface area contributed by atoms with Gasteiger partial charge in [0.05, 0.1) is 12.2 Å². The number of sulfonamides is 1. The predicted octanol–water partition coefficient (Wildman–Crippen LogP) is 0.250. The van der Waals surface area contributed by atoms with Gasteiger partial charge < -0.3 is 10.2 Å². The third-order valence-electron chi connectivity index (χ3n) is 5.04. The summed E-state index contributed by atoms with van der Waals surface area (Å²) in [6, 6.07) is 0.312. The summed E-state index contributed by atoms with van der Waals surface area (Å²) in [5.41, 5.74) is 0. The highest BCUT2D eigenvalue weighted by Crippen LogP contribution is 2.29. The first kappa shape index (κ1) is 20.2. The Bertz CT molecular complexity index is 711. The van der Waals surface area contributed by atoms with Crippen molar-refractivity contribution in [3.63, 3.8) is 0 Å². The number of piperidine rings is 1. The molecule has 0 spiro atoms. The van der Waals surface area contributed by atoms with Gasteiger partial charge in [-0.25, -0.2) is 8.42 Å². The Kier molecular flexibility index (Phi) is 6.13. The molecule has 0 radical (unpaired) electrons. The number of carbonyl (C=O) groups excluding carboxylic acids is 1. The Hall–Kier alpha value is -1.16. The molecule has 142 valence electrons. The summed E-state index contributed by atoms with van der Waals surface area (Å²) in [6.45, 7) is 1.59. The Labute approximate surface area is 154 Å². The van der Waals surface area contributed by atoms with Crippen LogP contribution in [0.1, 0.15) is 32.6 Å². The second-order valence-electron chi connectivity index (χ2n) is 6.90. The summed E-state index contributed by atoms with van der Waals surface area (Å²) >= 11 is 0. The predicted molar refractivity (Wildman–Crippen MR) is 96.0 cm³/mol. The maximum absolute atomic E-state index is 12.6. The first-order valence-electron chi connectivity index (χ1n) is 8.30. The van der Waals surface area contributed by atoms with E-state index in [1.807, 2.05) is 0 Å².